The molecule has 0 radical (unpaired) electrons. The Kier molecular flexibility index (Phi) is 33.5. The molecule has 0 saturated heterocycles. The molecule has 0 aromatic heterocycles. The fourth-order valence-electron chi connectivity index (χ4n) is 0.150. The molecule has 14 heavy (non-hydrogen) atoms. The van der Waals surface area contributed by atoms with Gasteiger partial charge >= 0.3 is 206 Å². The number of hydrogen-bond donors (Lipinski definition) is 0. The first-order valence-electron chi connectivity index (χ1n) is 1.75. The maximum absolute atomic E-state index is 9.71. The first-order valence-corrected chi connectivity index (χ1v) is 4.83. The Balaban J connectivity index is -0.0000000675. The van der Waals surface area contributed by atoms with Crippen LogP contribution in [0.15, 0.2) is 0 Å². The second kappa shape index (κ2) is 14.5. The second-order valence-electron chi connectivity index (χ2n) is 1.28. The summed E-state index contributed by atoms with van der Waals surface area (Å²) in [7, 11) is -11.8. The average molecular weight is 342 g/mol. The summed E-state index contributed by atoms with van der Waals surface area (Å²) in [6, 6.07) is 0. The van der Waals surface area contributed by atoms with Crippen molar-refractivity contribution in [1.82, 2.24) is 0 Å². The predicted molar refractivity (Wildman–Crippen MR) is 20.6 cm³/mol. The third kappa shape index (κ3) is 16.6. The molecule has 60 valence electrons. The number of hydrogen-bond acceptors (Lipinski definition) is 7. The third-order valence-corrected chi connectivity index (χ3v) is 2.88. The molecule has 7 nitrogen and oxygen atoms in total. The minimum Gasteiger partial charge on any atom is -0.805 e. The van der Waals surface area contributed by atoms with E-state index in [1.807, 2.05) is 0 Å². The van der Waals surface area contributed by atoms with E-state index in [0.29, 0.717) is 0 Å². The molecule has 0 aromatic rings. The monoisotopic (exact) mass is 342 g/mol. The molecule has 0 saturated carbocycles. The van der Waals surface area contributed by atoms with Crippen LogP contribution in [-0.2, 0) is 9.13 Å². The minimum absolute atomic E-state index is 0. The van der Waals surface area contributed by atoms with Gasteiger partial charge in [-0.1, -0.05) is 0 Å². The number of carbonyl (C=O) groups is 1. The summed E-state index contributed by atoms with van der Waals surface area (Å²) < 4.78 is 19.1. The molecule has 0 unspecified atom stereocenters. The van der Waals surface area contributed by atoms with Crippen molar-refractivity contribution < 1.29 is 239 Å². The molecule has 0 aliphatic heterocycles. The molecule has 0 atom stereocenters. The zero-order valence-electron chi connectivity index (χ0n) is 8.25. The average Bonchev–Trinajstić information content (AvgIpc) is 1.59. The van der Waals surface area contributed by atoms with Crippen molar-refractivity contribution in [2.75, 3.05) is 0 Å². The van der Waals surface area contributed by atoms with E-state index >= 15 is 0 Å². The Morgan fingerprint density at radius 3 is 0.857 bits per heavy atom. The predicted octanol–water partition coefficient (Wildman–Crippen LogP) is -15.1. The first-order chi connectivity index (χ1) is 4.15. The topological polar surface area (TPSA) is 143 Å². The molecule has 0 N–H and O–H groups in total. The van der Waals surface area contributed by atoms with E-state index in [1.165, 1.54) is 0 Å². The molecular formula is CK4O7P2. The van der Waals surface area contributed by atoms with Gasteiger partial charge in [0.05, 0.1) is 0 Å². The zero-order valence-corrected chi connectivity index (χ0v) is 22.5. The summed E-state index contributed by atoms with van der Waals surface area (Å²) in [5.74, 6) is 0. The van der Waals surface area contributed by atoms with Gasteiger partial charge < -0.3 is 28.7 Å². The Labute approximate surface area is 251 Å². The normalized spacial score (nSPS) is 9.43. The van der Waals surface area contributed by atoms with E-state index in [1.54, 1.807) is 0 Å². The summed E-state index contributed by atoms with van der Waals surface area (Å²) in [6.07, 6.45) is 0. The van der Waals surface area contributed by atoms with Gasteiger partial charge in [-0.15, -0.1) is 0 Å². The summed E-state index contributed by atoms with van der Waals surface area (Å²) in [5.41, 5.74) is 0. The SMILES string of the molecule is O=C(P(=O)([O-])[O-])P(=O)([O-])[O-].[K+].[K+].[K+].[K+]. The van der Waals surface area contributed by atoms with Crippen molar-refractivity contribution in [2.24, 2.45) is 0 Å². The Morgan fingerprint density at radius 1 is 0.714 bits per heavy atom. The zero-order chi connectivity index (χ0) is 8.58. The van der Waals surface area contributed by atoms with Gasteiger partial charge in [0, 0.05) is 15.2 Å². The van der Waals surface area contributed by atoms with Crippen LogP contribution in [0.2, 0.25) is 0 Å². The van der Waals surface area contributed by atoms with E-state index in [-0.39, 0.29) is 206 Å². The first kappa shape index (κ1) is 32.5. The summed E-state index contributed by atoms with van der Waals surface area (Å²) in [4.78, 5) is 47.8. The molecule has 0 aliphatic carbocycles. The van der Waals surface area contributed by atoms with Crippen molar-refractivity contribution in [2.45, 2.75) is 0 Å². The van der Waals surface area contributed by atoms with E-state index < -0.39 is 20.5 Å². The van der Waals surface area contributed by atoms with Crippen LogP contribution < -0.4 is 225 Å². The van der Waals surface area contributed by atoms with Crippen LogP contribution in [0.25, 0.3) is 0 Å². The molecule has 0 fully saturated rings. The molecule has 13 heteroatoms. The van der Waals surface area contributed by atoms with Crippen molar-refractivity contribution in [3.05, 3.63) is 0 Å². The van der Waals surface area contributed by atoms with Gasteiger partial charge in [0.2, 0.25) is 0 Å². The summed E-state index contributed by atoms with van der Waals surface area (Å²) in [6.45, 7) is 0. The second-order valence-corrected chi connectivity index (χ2v) is 4.43. The Morgan fingerprint density at radius 2 is 0.857 bits per heavy atom. The van der Waals surface area contributed by atoms with Crippen LogP contribution in [0.3, 0.4) is 0 Å². The van der Waals surface area contributed by atoms with Gasteiger partial charge in [-0.25, -0.2) is 0 Å². The van der Waals surface area contributed by atoms with E-state index in [0.717, 1.165) is 0 Å². The van der Waals surface area contributed by atoms with E-state index in [9.17, 15) is 33.5 Å². The number of rotatable bonds is 2. The fraction of sp³-hybridized carbons (Fsp3) is 0. The Hall–Kier alpha value is 6.52. The molecule has 0 aliphatic rings. The molecule has 0 heterocycles. The van der Waals surface area contributed by atoms with Crippen molar-refractivity contribution >= 4 is 20.5 Å². The van der Waals surface area contributed by atoms with Crippen molar-refractivity contribution in [1.29, 1.82) is 0 Å². The largest absolute Gasteiger partial charge is 1.00 e. The van der Waals surface area contributed by atoms with Crippen molar-refractivity contribution in [3.63, 3.8) is 0 Å². The van der Waals surface area contributed by atoms with Crippen LogP contribution in [0.1, 0.15) is 0 Å². The molecule has 0 amide bonds. The molecule has 0 spiro atoms. The van der Waals surface area contributed by atoms with Crippen molar-refractivity contribution in [3.8, 4) is 0 Å². The summed E-state index contributed by atoms with van der Waals surface area (Å²) in [5, 5.41) is -2.79. The van der Waals surface area contributed by atoms with Crippen LogP contribution in [-0.4, -0.2) is 5.27 Å². The van der Waals surface area contributed by atoms with E-state index in [2.05, 4.69) is 0 Å². The summed E-state index contributed by atoms with van der Waals surface area (Å²) >= 11 is 0. The third-order valence-electron chi connectivity index (χ3n) is 0.469. The van der Waals surface area contributed by atoms with Crippen LogP contribution in [0, 0.1) is 0 Å². The molecule has 0 rings (SSSR count). The van der Waals surface area contributed by atoms with Gasteiger partial charge in [-0.2, -0.15) is 0 Å². The van der Waals surface area contributed by atoms with E-state index in [4.69, 9.17) is 0 Å². The van der Waals surface area contributed by atoms with Crippen LogP contribution >= 0.6 is 15.2 Å². The standard InChI is InChI=1S/CH4O7P2.4K/c2-1(9(3,4)5)10(6,7)8;;;;/h(H2,3,4,5)(H2,6,7,8);;;;/q;4*+1/p-4. The molecule has 0 aromatic carbocycles. The van der Waals surface area contributed by atoms with Gasteiger partial charge in [0.15, 0.2) is 5.27 Å². The minimum atomic E-state index is -5.91. The molecule has 0 bridgehead atoms. The van der Waals surface area contributed by atoms with Crippen LogP contribution in [0.5, 0.6) is 0 Å². The van der Waals surface area contributed by atoms with Gasteiger partial charge in [0.25, 0.3) is 0 Å². The smallest absolute Gasteiger partial charge is 0.805 e. The maximum Gasteiger partial charge on any atom is 1.00 e. The van der Waals surface area contributed by atoms with Gasteiger partial charge in [-0.05, 0) is 0 Å². The molecular weight excluding hydrogens is 342 g/mol. The van der Waals surface area contributed by atoms with Crippen LogP contribution in [0.4, 0.5) is 4.79 Å². The van der Waals surface area contributed by atoms with Gasteiger partial charge in [-0.3, -0.25) is 4.79 Å². The Bertz CT molecular complexity index is 216. The van der Waals surface area contributed by atoms with Gasteiger partial charge in [0.1, 0.15) is 0 Å². The fourth-order valence-corrected chi connectivity index (χ4v) is 1.35. The maximum atomic E-state index is 9.71. The quantitative estimate of drug-likeness (QED) is 0.358. The number of carbonyl (C=O) groups excluding carboxylic acids is 1.